The van der Waals surface area contributed by atoms with E-state index in [0.717, 1.165) is 18.5 Å². The van der Waals surface area contributed by atoms with Gasteiger partial charge in [0.25, 0.3) is 0 Å². The summed E-state index contributed by atoms with van der Waals surface area (Å²) in [4.78, 5) is 2.26. The van der Waals surface area contributed by atoms with Crippen molar-refractivity contribution in [1.82, 2.24) is 4.90 Å². The van der Waals surface area contributed by atoms with Crippen molar-refractivity contribution in [3.8, 4) is 5.75 Å². The second-order valence-electron chi connectivity index (χ2n) is 5.72. The largest absolute Gasteiger partial charge is 0.508 e. The minimum absolute atomic E-state index is 0.00950. The number of likely N-dealkylation sites (tertiary alicyclic amines) is 1. The molecule has 1 aliphatic rings. The van der Waals surface area contributed by atoms with Crippen molar-refractivity contribution in [1.29, 1.82) is 0 Å². The Morgan fingerprint density at radius 2 is 1.88 bits per heavy atom. The molecule has 1 aromatic carbocycles. The van der Waals surface area contributed by atoms with Gasteiger partial charge in [-0.25, -0.2) is 0 Å². The van der Waals surface area contributed by atoms with Crippen LogP contribution in [0, 0.1) is 0 Å². The molecule has 0 bridgehead atoms. The molecule has 94 valence electrons. The Morgan fingerprint density at radius 1 is 1.24 bits per heavy atom. The van der Waals surface area contributed by atoms with Crippen LogP contribution in [-0.2, 0) is 0 Å². The lowest BCUT2D eigenvalue weighted by atomic mass is 9.97. The highest BCUT2D eigenvalue weighted by Crippen LogP contribution is 2.40. The van der Waals surface area contributed by atoms with Crippen LogP contribution in [0.3, 0.4) is 0 Å². The molecule has 1 aliphatic heterocycles. The molecular formula is C14H21NO2. The molecule has 2 unspecified atom stereocenters. The van der Waals surface area contributed by atoms with Gasteiger partial charge in [0.15, 0.2) is 0 Å². The van der Waals surface area contributed by atoms with Crippen molar-refractivity contribution >= 4 is 0 Å². The summed E-state index contributed by atoms with van der Waals surface area (Å²) in [6.07, 6.45) is 0.360. The van der Waals surface area contributed by atoms with Gasteiger partial charge in [0, 0.05) is 17.6 Å². The Morgan fingerprint density at radius 3 is 2.47 bits per heavy atom. The lowest BCUT2D eigenvalue weighted by Gasteiger charge is -2.38. The molecule has 17 heavy (non-hydrogen) atoms. The van der Waals surface area contributed by atoms with Crippen LogP contribution in [0.15, 0.2) is 24.3 Å². The van der Waals surface area contributed by atoms with Crippen LogP contribution in [0.25, 0.3) is 0 Å². The van der Waals surface area contributed by atoms with E-state index in [1.54, 1.807) is 6.07 Å². The van der Waals surface area contributed by atoms with Crippen LogP contribution in [-0.4, -0.2) is 33.3 Å². The van der Waals surface area contributed by atoms with E-state index >= 15 is 0 Å². The normalized spacial score (nSPS) is 26.4. The van der Waals surface area contributed by atoms with Crippen LogP contribution >= 0.6 is 0 Å². The van der Waals surface area contributed by atoms with E-state index in [0.29, 0.717) is 0 Å². The summed E-state index contributed by atoms with van der Waals surface area (Å²) in [6.45, 7) is 7.28. The third-order valence-corrected chi connectivity index (χ3v) is 3.48. The van der Waals surface area contributed by atoms with Crippen LogP contribution < -0.4 is 0 Å². The fourth-order valence-electron chi connectivity index (χ4n) is 2.64. The number of phenolic OH excluding ortho intramolecular Hbond substituents is 1. The zero-order valence-corrected chi connectivity index (χ0v) is 10.7. The summed E-state index contributed by atoms with van der Waals surface area (Å²) >= 11 is 0. The summed E-state index contributed by atoms with van der Waals surface area (Å²) in [6, 6.07) is 7.19. The Bertz CT molecular complexity index is 397. The van der Waals surface area contributed by atoms with Crippen LogP contribution in [0.4, 0.5) is 0 Å². The number of aliphatic hydroxyl groups is 1. The molecule has 0 radical (unpaired) electrons. The summed E-state index contributed by atoms with van der Waals surface area (Å²) in [5, 5.41) is 20.1. The number of aromatic hydroxyl groups is 1. The second kappa shape index (κ2) is 4.31. The summed E-state index contributed by atoms with van der Waals surface area (Å²) in [5.41, 5.74) is 0.817. The van der Waals surface area contributed by atoms with Crippen LogP contribution in [0.5, 0.6) is 5.75 Å². The molecule has 1 heterocycles. The molecule has 2 rings (SSSR count). The molecule has 0 aromatic heterocycles. The minimum atomic E-state index is -0.400. The third-order valence-electron chi connectivity index (χ3n) is 3.48. The number of hydrogen-bond donors (Lipinski definition) is 2. The quantitative estimate of drug-likeness (QED) is 0.785. The molecule has 1 fully saturated rings. The fraction of sp³-hybridized carbons (Fsp3) is 0.571. The first-order valence-corrected chi connectivity index (χ1v) is 6.14. The Kier molecular flexibility index (Phi) is 3.15. The number of nitrogens with zero attached hydrogens (tertiary/aromatic N) is 1. The first-order valence-electron chi connectivity index (χ1n) is 6.14. The standard InChI is InChI=1S/C14H21NO2/c1-14(2,3)15-9-8-12(17)13(15)10-6-4-5-7-11(10)16/h4-7,12-13,16-17H,8-9H2,1-3H3. The van der Waals surface area contributed by atoms with Crippen molar-refractivity contribution in [3.63, 3.8) is 0 Å². The van der Waals surface area contributed by atoms with Gasteiger partial charge >= 0.3 is 0 Å². The Hall–Kier alpha value is -1.06. The molecule has 1 saturated heterocycles. The highest BCUT2D eigenvalue weighted by molar-refractivity contribution is 5.36. The van der Waals surface area contributed by atoms with Gasteiger partial charge in [-0.3, -0.25) is 4.90 Å². The first-order chi connectivity index (χ1) is 7.91. The molecule has 0 saturated carbocycles. The van der Waals surface area contributed by atoms with E-state index in [4.69, 9.17) is 0 Å². The molecular weight excluding hydrogens is 214 g/mol. The smallest absolute Gasteiger partial charge is 0.120 e. The average Bonchev–Trinajstić information content (AvgIpc) is 2.60. The van der Waals surface area contributed by atoms with Crippen molar-refractivity contribution in [2.75, 3.05) is 6.54 Å². The Balaban J connectivity index is 2.38. The number of para-hydroxylation sites is 1. The molecule has 1 aromatic rings. The predicted molar refractivity (Wildman–Crippen MR) is 67.9 cm³/mol. The summed E-state index contributed by atoms with van der Waals surface area (Å²) in [7, 11) is 0. The van der Waals surface area contributed by atoms with Crippen molar-refractivity contribution < 1.29 is 10.2 Å². The first kappa shape index (κ1) is 12.4. The van der Waals surface area contributed by atoms with E-state index in [1.165, 1.54) is 0 Å². The lowest BCUT2D eigenvalue weighted by Crippen LogP contribution is -2.42. The predicted octanol–water partition coefficient (Wildman–Crippen LogP) is 2.30. The van der Waals surface area contributed by atoms with Gasteiger partial charge in [0.05, 0.1) is 12.1 Å². The Labute approximate surface area is 103 Å². The second-order valence-corrected chi connectivity index (χ2v) is 5.72. The van der Waals surface area contributed by atoms with Gasteiger partial charge in [0.2, 0.25) is 0 Å². The van der Waals surface area contributed by atoms with Crippen LogP contribution in [0.1, 0.15) is 38.8 Å². The highest BCUT2D eigenvalue weighted by atomic mass is 16.3. The maximum absolute atomic E-state index is 10.1. The van der Waals surface area contributed by atoms with Gasteiger partial charge in [-0.05, 0) is 33.3 Å². The molecule has 2 N–H and O–H groups in total. The van der Waals surface area contributed by atoms with Crippen molar-refractivity contribution in [2.45, 2.75) is 44.9 Å². The van der Waals surface area contributed by atoms with E-state index < -0.39 is 6.10 Å². The summed E-state index contributed by atoms with van der Waals surface area (Å²) < 4.78 is 0. The number of rotatable bonds is 1. The zero-order valence-electron chi connectivity index (χ0n) is 10.7. The number of aliphatic hydroxyl groups excluding tert-OH is 1. The molecule has 3 heteroatoms. The molecule has 0 amide bonds. The fourth-order valence-corrected chi connectivity index (χ4v) is 2.64. The van der Waals surface area contributed by atoms with E-state index in [9.17, 15) is 10.2 Å². The lowest BCUT2D eigenvalue weighted by molar-refractivity contribution is 0.0622. The third kappa shape index (κ3) is 2.31. The number of benzene rings is 1. The van der Waals surface area contributed by atoms with E-state index in [-0.39, 0.29) is 17.3 Å². The highest BCUT2D eigenvalue weighted by Gasteiger charge is 2.40. The molecule has 0 aliphatic carbocycles. The maximum Gasteiger partial charge on any atom is 0.120 e. The van der Waals surface area contributed by atoms with Crippen LogP contribution in [0.2, 0.25) is 0 Å². The molecule has 3 nitrogen and oxygen atoms in total. The van der Waals surface area contributed by atoms with Crippen molar-refractivity contribution in [3.05, 3.63) is 29.8 Å². The van der Waals surface area contributed by atoms with Gasteiger partial charge in [-0.15, -0.1) is 0 Å². The number of hydrogen-bond acceptors (Lipinski definition) is 3. The zero-order chi connectivity index (χ0) is 12.6. The monoisotopic (exact) mass is 235 g/mol. The maximum atomic E-state index is 10.1. The van der Waals surface area contributed by atoms with E-state index in [2.05, 4.69) is 25.7 Å². The summed E-state index contributed by atoms with van der Waals surface area (Å²) in [5.74, 6) is 0.271. The molecule has 0 spiro atoms. The van der Waals surface area contributed by atoms with Gasteiger partial charge < -0.3 is 10.2 Å². The average molecular weight is 235 g/mol. The van der Waals surface area contributed by atoms with E-state index in [1.807, 2.05) is 18.2 Å². The van der Waals surface area contributed by atoms with Gasteiger partial charge in [-0.2, -0.15) is 0 Å². The number of phenols is 1. The topological polar surface area (TPSA) is 43.7 Å². The molecule has 2 atom stereocenters. The van der Waals surface area contributed by atoms with Crippen molar-refractivity contribution in [2.24, 2.45) is 0 Å². The minimum Gasteiger partial charge on any atom is -0.508 e. The van der Waals surface area contributed by atoms with Gasteiger partial charge in [-0.1, -0.05) is 18.2 Å². The SMILES string of the molecule is CC(C)(C)N1CCC(O)C1c1ccccc1O. The van der Waals surface area contributed by atoms with Gasteiger partial charge in [0.1, 0.15) is 5.75 Å².